The first kappa shape index (κ1) is 12.0. The predicted molar refractivity (Wildman–Crippen MR) is 62.6 cm³/mol. The molecule has 0 aromatic heterocycles. The lowest BCUT2D eigenvalue weighted by molar-refractivity contribution is 0.125. The average molecular weight is 198 g/mol. The Labute approximate surface area is 89.1 Å². The Morgan fingerprint density at radius 2 is 1.93 bits per heavy atom. The smallest absolute Gasteiger partial charge is 0.0302 e. The summed E-state index contributed by atoms with van der Waals surface area (Å²) in [6.07, 6.45) is 4.06. The van der Waals surface area contributed by atoms with Crippen LogP contribution in [0, 0.1) is 5.92 Å². The molecule has 0 bridgehead atoms. The van der Waals surface area contributed by atoms with Gasteiger partial charge >= 0.3 is 0 Å². The van der Waals surface area contributed by atoms with E-state index in [0.29, 0.717) is 6.04 Å². The van der Waals surface area contributed by atoms with Crippen LogP contribution in [0.3, 0.4) is 0 Å². The Hall–Kier alpha value is -0.0800. The maximum atomic E-state index is 3.71. The van der Waals surface area contributed by atoms with Gasteiger partial charge in [-0.05, 0) is 59.7 Å². The fraction of sp³-hybridized carbons (Fsp3) is 1.00. The normalized spacial score (nSPS) is 20.1. The van der Waals surface area contributed by atoms with Gasteiger partial charge in [0.1, 0.15) is 0 Å². The molecule has 0 radical (unpaired) electrons. The highest BCUT2D eigenvalue weighted by Crippen LogP contribution is 2.38. The van der Waals surface area contributed by atoms with Gasteiger partial charge in [0, 0.05) is 11.6 Å². The van der Waals surface area contributed by atoms with Crippen molar-refractivity contribution in [1.29, 1.82) is 0 Å². The molecule has 2 heteroatoms. The second kappa shape index (κ2) is 4.63. The highest BCUT2D eigenvalue weighted by Gasteiger charge is 2.41. The lowest BCUT2D eigenvalue weighted by Gasteiger charge is -2.41. The third-order valence-corrected chi connectivity index (χ3v) is 3.62. The number of hydrogen-bond donors (Lipinski definition) is 1. The summed E-state index contributed by atoms with van der Waals surface area (Å²) in [5.41, 5.74) is 0.274. The van der Waals surface area contributed by atoms with Crippen LogP contribution in [0.1, 0.15) is 40.0 Å². The predicted octanol–water partition coefficient (Wildman–Crippen LogP) is 2.10. The van der Waals surface area contributed by atoms with Gasteiger partial charge < -0.3 is 10.2 Å². The maximum absolute atomic E-state index is 3.71. The summed E-state index contributed by atoms with van der Waals surface area (Å²) in [5.74, 6) is 0.916. The number of nitrogens with zero attached hydrogens (tertiary/aromatic N) is 1. The minimum atomic E-state index is 0.274. The second-order valence-electron chi connectivity index (χ2n) is 5.32. The molecule has 1 rings (SSSR count). The van der Waals surface area contributed by atoms with Crippen LogP contribution in [-0.4, -0.2) is 37.1 Å². The Bertz CT molecular complexity index is 171. The van der Waals surface area contributed by atoms with Crippen LogP contribution in [-0.2, 0) is 0 Å². The molecular formula is C12H26N2. The first-order valence-electron chi connectivity index (χ1n) is 5.91. The van der Waals surface area contributed by atoms with Crippen LogP contribution >= 0.6 is 0 Å². The minimum absolute atomic E-state index is 0.274. The Morgan fingerprint density at radius 1 is 1.36 bits per heavy atom. The van der Waals surface area contributed by atoms with Crippen molar-refractivity contribution in [3.8, 4) is 0 Å². The molecule has 1 aliphatic carbocycles. The zero-order chi connectivity index (χ0) is 10.8. The summed E-state index contributed by atoms with van der Waals surface area (Å²) in [7, 11) is 4.37. The highest BCUT2D eigenvalue weighted by atomic mass is 15.2. The van der Waals surface area contributed by atoms with E-state index in [1.54, 1.807) is 0 Å². The second-order valence-corrected chi connectivity index (χ2v) is 5.32. The summed E-state index contributed by atoms with van der Waals surface area (Å²) in [5, 5.41) is 3.71. The topological polar surface area (TPSA) is 15.3 Å². The summed E-state index contributed by atoms with van der Waals surface area (Å²) in [6, 6.07) is 0.664. The van der Waals surface area contributed by atoms with Gasteiger partial charge in [0.25, 0.3) is 0 Å². The standard InChI is InChI=1S/C12H26N2/c1-6-9-13-11(10-7-8-10)12(2,3)14(4)5/h10-11,13H,6-9H2,1-5H3. The van der Waals surface area contributed by atoms with E-state index in [4.69, 9.17) is 0 Å². The fourth-order valence-electron chi connectivity index (χ4n) is 2.00. The van der Waals surface area contributed by atoms with Gasteiger partial charge in [0.2, 0.25) is 0 Å². The van der Waals surface area contributed by atoms with Gasteiger partial charge in [-0.1, -0.05) is 6.92 Å². The van der Waals surface area contributed by atoms with E-state index in [-0.39, 0.29) is 5.54 Å². The van der Waals surface area contributed by atoms with Crippen molar-refractivity contribution >= 4 is 0 Å². The van der Waals surface area contributed by atoms with Crippen LogP contribution in [0.5, 0.6) is 0 Å². The molecule has 1 fully saturated rings. The zero-order valence-corrected chi connectivity index (χ0v) is 10.4. The Balaban J connectivity index is 2.56. The molecule has 1 N–H and O–H groups in total. The largest absolute Gasteiger partial charge is 0.312 e. The number of hydrogen-bond acceptors (Lipinski definition) is 2. The Kier molecular flexibility index (Phi) is 3.96. The molecule has 2 nitrogen and oxygen atoms in total. The molecule has 0 saturated heterocycles. The molecule has 1 saturated carbocycles. The molecule has 0 aliphatic heterocycles. The van der Waals surface area contributed by atoms with Gasteiger partial charge in [0.15, 0.2) is 0 Å². The lowest BCUT2D eigenvalue weighted by Crippen LogP contribution is -2.56. The highest BCUT2D eigenvalue weighted by molar-refractivity contribution is 5.00. The molecule has 1 unspecified atom stereocenters. The van der Waals surface area contributed by atoms with E-state index < -0.39 is 0 Å². The molecule has 14 heavy (non-hydrogen) atoms. The van der Waals surface area contributed by atoms with E-state index in [0.717, 1.165) is 12.5 Å². The number of rotatable bonds is 6. The summed E-state index contributed by atoms with van der Waals surface area (Å²) in [4.78, 5) is 2.35. The molecule has 1 atom stereocenters. The zero-order valence-electron chi connectivity index (χ0n) is 10.4. The first-order valence-corrected chi connectivity index (χ1v) is 5.91. The van der Waals surface area contributed by atoms with Gasteiger partial charge in [-0.3, -0.25) is 0 Å². The van der Waals surface area contributed by atoms with Gasteiger partial charge in [-0.15, -0.1) is 0 Å². The molecular weight excluding hydrogens is 172 g/mol. The molecule has 0 aromatic carbocycles. The van der Waals surface area contributed by atoms with E-state index >= 15 is 0 Å². The summed E-state index contributed by atoms with van der Waals surface area (Å²) >= 11 is 0. The van der Waals surface area contributed by atoms with Gasteiger partial charge in [-0.2, -0.15) is 0 Å². The molecule has 0 spiro atoms. The van der Waals surface area contributed by atoms with Crippen molar-refractivity contribution in [3.63, 3.8) is 0 Å². The van der Waals surface area contributed by atoms with Crippen molar-refractivity contribution in [2.24, 2.45) is 5.92 Å². The first-order chi connectivity index (χ1) is 6.50. The van der Waals surface area contributed by atoms with Crippen molar-refractivity contribution in [3.05, 3.63) is 0 Å². The van der Waals surface area contributed by atoms with E-state index in [9.17, 15) is 0 Å². The van der Waals surface area contributed by atoms with Crippen molar-refractivity contribution in [1.82, 2.24) is 10.2 Å². The molecule has 0 aromatic rings. The van der Waals surface area contributed by atoms with E-state index in [1.165, 1.54) is 19.3 Å². The summed E-state index contributed by atoms with van der Waals surface area (Å²) in [6.45, 7) is 8.08. The monoisotopic (exact) mass is 198 g/mol. The van der Waals surface area contributed by atoms with E-state index in [2.05, 4.69) is 45.1 Å². The molecule has 0 amide bonds. The lowest BCUT2D eigenvalue weighted by atomic mass is 9.89. The number of likely N-dealkylation sites (N-methyl/N-ethyl adjacent to an activating group) is 1. The van der Waals surface area contributed by atoms with Crippen LogP contribution in [0.25, 0.3) is 0 Å². The SMILES string of the molecule is CCCNC(C1CC1)C(C)(C)N(C)C. The quantitative estimate of drug-likeness (QED) is 0.703. The third kappa shape index (κ3) is 2.71. The molecule has 1 aliphatic rings. The van der Waals surface area contributed by atoms with Crippen LogP contribution < -0.4 is 5.32 Å². The van der Waals surface area contributed by atoms with Crippen LogP contribution in [0.2, 0.25) is 0 Å². The minimum Gasteiger partial charge on any atom is -0.312 e. The van der Waals surface area contributed by atoms with Crippen molar-refractivity contribution in [2.75, 3.05) is 20.6 Å². The van der Waals surface area contributed by atoms with Crippen LogP contribution in [0.4, 0.5) is 0 Å². The molecule has 0 heterocycles. The Morgan fingerprint density at radius 3 is 2.29 bits per heavy atom. The van der Waals surface area contributed by atoms with Gasteiger partial charge in [0.05, 0.1) is 0 Å². The van der Waals surface area contributed by atoms with Crippen molar-refractivity contribution in [2.45, 2.75) is 51.6 Å². The van der Waals surface area contributed by atoms with Crippen molar-refractivity contribution < 1.29 is 0 Å². The summed E-state index contributed by atoms with van der Waals surface area (Å²) < 4.78 is 0. The van der Waals surface area contributed by atoms with Crippen LogP contribution in [0.15, 0.2) is 0 Å². The number of nitrogens with one attached hydrogen (secondary N) is 1. The fourth-order valence-corrected chi connectivity index (χ4v) is 2.00. The maximum Gasteiger partial charge on any atom is 0.0302 e. The van der Waals surface area contributed by atoms with Gasteiger partial charge in [-0.25, -0.2) is 0 Å². The van der Waals surface area contributed by atoms with E-state index in [1.807, 2.05) is 0 Å². The average Bonchev–Trinajstić information content (AvgIpc) is 2.88. The third-order valence-electron chi connectivity index (χ3n) is 3.62. The molecule has 84 valence electrons.